The molecule has 134 valence electrons. The fourth-order valence-corrected chi connectivity index (χ4v) is 3.62. The average molecular weight is 336 g/mol. The number of hydrogen-bond donors (Lipinski definition) is 0. The normalized spacial score (nSPS) is 25.3. The van der Waals surface area contributed by atoms with Crippen LogP contribution in [0.5, 0.6) is 0 Å². The second kappa shape index (κ2) is 8.07. The van der Waals surface area contributed by atoms with Gasteiger partial charge in [-0.1, -0.05) is 19.0 Å². The highest BCUT2D eigenvalue weighted by molar-refractivity contribution is 5.76. The van der Waals surface area contributed by atoms with Gasteiger partial charge >= 0.3 is 0 Å². The highest BCUT2D eigenvalue weighted by Gasteiger charge is 2.36. The number of carbonyl (C=O) groups excluding carboxylic acids is 1. The first kappa shape index (κ1) is 17.4. The number of hydrogen-bond acceptors (Lipinski definition) is 6. The highest BCUT2D eigenvalue weighted by Crippen LogP contribution is 2.23. The SMILES string of the molecule is CCc1noc(CCCC(=O)N2C[C@@H](C)[C@@H](N3CCOCC3)C2)n1. The molecule has 0 unspecified atom stereocenters. The van der Waals surface area contributed by atoms with Crippen LogP contribution in [0.2, 0.25) is 0 Å². The fourth-order valence-electron chi connectivity index (χ4n) is 3.62. The Morgan fingerprint density at radius 3 is 2.79 bits per heavy atom. The standard InChI is InChI=1S/C17H28N4O3/c1-3-15-18-16(24-19-15)5-4-6-17(22)21-11-13(2)14(12-21)20-7-9-23-10-8-20/h13-14H,3-12H2,1-2H3/t13-,14+/m1/s1. The maximum absolute atomic E-state index is 12.5. The van der Waals surface area contributed by atoms with Gasteiger partial charge in [0.2, 0.25) is 11.8 Å². The van der Waals surface area contributed by atoms with Crippen molar-refractivity contribution in [3.63, 3.8) is 0 Å². The van der Waals surface area contributed by atoms with Crippen LogP contribution >= 0.6 is 0 Å². The van der Waals surface area contributed by atoms with E-state index in [0.29, 0.717) is 30.7 Å². The number of aromatic nitrogens is 2. The number of aryl methyl sites for hydroxylation is 2. The highest BCUT2D eigenvalue weighted by atomic mass is 16.5. The van der Waals surface area contributed by atoms with Crippen molar-refractivity contribution in [2.45, 2.75) is 45.6 Å². The van der Waals surface area contributed by atoms with Crippen molar-refractivity contribution in [2.24, 2.45) is 5.92 Å². The molecular weight excluding hydrogens is 308 g/mol. The second-order valence-electron chi connectivity index (χ2n) is 6.80. The van der Waals surface area contributed by atoms with Crippen LogP contribution in [-0.2, 0) is 22.4 Å². The monoisotopic (exact) mass is 336 g/mol. The van der Waals surface area contributed by atoms with Crippen LogP contribution in [0.15, 0.2) is 4.52 Å². The molecule has 0 spiro atoms. The number of rotatable bonds is 6. The lowest BCUT2D eigenvalue weighted by Crippen LogP contribution is -2.47. The molecule has 0 N–H and O–H groups in total. The first-order valence-electron chi connectivity index (χ1n) is 9.08. The Bertz CT molecular complexity index is 542. The van der Waals surface area contributed by atoms with Crippen LogP contribution in [0.3, 0.4) is 0 Å². The molecule has 0 saturated carbocycles. The molecule has 0 bridgehead atoms. The van der Waals surface area contributed by atoms with E-state index in [4.69, 9.17) is 9.26 Å². The molecule has 0 aromatic carbocycles. The summed E-state index contributed by atoms with van der Waals surface area (Å²) >= 11 is 0. The van der Waals surface area contributed by atoms with Crippen LogP contribution in [0.25, 0.3) is 0 Å². The molecule has 7 heteroatoms. The predicted octanol–water partition coefficient (Wildman–Crippen LogP) is 1.13. The molecule has 2 saturated heterocycles. The number of likely N-dealkylation sites (tertiary alicyclic amines) is 1. The van der Waals surface area contributed by atoms with Crippen LogP contribution < -0.4 is 0 Å². The van der Waals surface area contributed by atoms with Crippen molar-refractivity contribution in [1.82, 2.24) is 19.9 Å². The van der Waals surface area contributed by atoms with E-state index >= 15 is 0 Å². The molecule has 0 radical (unpaired) electrons. The van der Waals surface area contributed by atoms with Crippen LogP contribution in [-0.4, -0.2) is 71.3 Å². The minimum atomic E-state index is 0.243. The van der Waals surface area contributed by atoms with Gasteiger partial charge < -0.3 is 14.2 Å². The molecule has 3 heterocycles. The van der Waals surface area contributed by atoms with Gasteiger partial charge in [0, 0.05) is 51.5 Å². The van der Waals surface area contributed by atoms with Gasteiger partial charge in [-0.25, -0.2) is 0 Å². The van der Waals surface area contributed by atoms with Gasteiger partial charge in [0.05, 0.1) is 13.2 Å². The lowest BCUT2D eigenvalue weighted by Gasteiger charge is -2.34. The Hall–Kier alpha value is -1.47. The zero-order valence-electron chi connectivity index (χ0n) is 14.7. The van der Waals surface area contributed by atoms with Crippen LogP contribution in [0.4, 0.5) is 0 Å². The van der Waals surface area contributed by atoms with E-state index in [0.717, 1.165) is 58.1 Å². The van der Waals surface area contributed by atoms with E-state index in [1.165, 1.54) is 0 Å². The smallest absolute Gasteiger partial charge is 0.226 e. The molecular formula is C17H28N4O3. The summed E-state index contributed by atoms with van der Waals surface area (Å²) in [7, 11) is 0. The van der Waals surface area contributed by atoms with Crippen molar-refractivity contribution in [3.05, 3.63) is 11.7 Å². The summed E-state index contributed by atoms with van der Waals surface area (Å²) in [4.78, 5) is 21.3. The van der Waals surface area contributed by atoms with Gasteiger partial charge in [-0.05, 0) is 12.3 Å². The van der Waals surface area contributed by atoms with Gasteiger partial charge in [-0.2, -0.15) is 4.98 Å². The molecule has 1 amide bonds. The van der Waals surface area contributed by atoms with Gasteiger partial charge in [0.1, 0.15) is 0 Å². The molecule has 1 aromatic rings. The number of amides is 1. The van der Waals surface area contributed by atoms with Crippen molar-refractivity contribution in [1.29, 1.82) is 0 Å². The van der Waals surface area contributed by atoms with Gasteiger partial charge in [-0.3, -0.25) is 9.69 Å². The second-order valence-corrected chi connectivity index (χ2v) is 6.80. The molecule has 0 aliphatic carbocycles. The third kappa shape index (κ3) is 4.13. The molecule has 2 aliphatic rings. The van der Waals surface area contributed by atoms with E-state index in [9.17, 15) is 4.79 Å². The summed E-state index contributed by atoms with van der Waals surface area (Å²) in [5.41, 5.74) is 0. The van der Waals surface area contributed by atoms with Crippen LogP contribution in [0.1, 0.15) is 38.4 Å². The number of morpholine rings is 1. The van der Waals surface area contributed by atoms with E-state index in [-0.39, 0.29) is 5.91 Å². The van der Waals surface area contributed by atoms with Gasteiger partial charge in [-0.15, -0.1) is 0 Å². The summed E-state index contributed by atoms with van der Waals surface area (Å²) in [6.45, 7) is 9.53. The molecule has 2 fully saturated rings. The largest absolute Gasteiger partial charge is 0.379 e. The zero-order valence-corrected chi connectivity index (χ0v) is 14.7. The molecule has 2 aliphatic heterocycles. The number of ether oxygens (including phenoxy) is 1. The lowest BCUT2D eigenvalue weighted by atomic mass is 10.0. The first-order chi connectivity index (χ1) is 11.7. The number of nitrogens with zero attached hydrogens (tertiary/aromatic N) is 4. The third-order valence-corrected chi connectivity index (χ3v) is 5.05. The topological polar surface area (TPSA) is 71.7 Å². The summed E-state index contributed by atoms with van der Waals surface area (Å²) in [5.74, 6) is 2.14. The molecule has 3 rings (SSSR count). The Kier molecular flexibility index (Phi) is 5.84. The van der Waals surface area contributed by atoms with E-state index in [1.54, 1.807) is 0 Å². The minimum Gasteiger partial charge on any atom is -0.379 e. The Balaban J connectivity index is 1.43. The van der Waals surface area contributed by atoms with Crippen molar-refractivity contribution < 1.29 is 14.1 Å². The maximum atomic E-state index is 12.5. The summed E-state index contributed by atoms with van der Waals surface area (Å²) in [5, 5.41) is 3.88. The average Bonchev–Trinajstić information content (AvgIpc) is 3.22. The minimum absolute atomic E-state index is 0.243. The molecule has 2 atom stereocenters. The fraction of sp³-hybridized carbons (Fsp3) is 0.824. The summed E-state index contributed by atoms with van der Waals surface area (Å²) < 4.78 is 10.6. The summed E-state index contributed by atoms with van der Waals surface area (Å²) in [6.07, 6.45) is 2.76. The van der Waals surface area contributed by atoms with Crippen molar-refractivity contribution in [3.8, 4) is 0 Å². The molecule has 1 aromatic heterocycles. The molecule has 24 heavy (non-hydrogen) atoms. The number of carbonyl (C=O) groups is 1. The maximum Gasteiger partial charge on any atom is 0.226 e. The van der Waals surface area contributed by atoms with E-state index < -0.39 is 0 Å². The van der Waals surface area contributed by atoms with Crippen LogP contribution in [0, 0.1) is 5.92 Å². The zero-order chi connectivity index (χ0) is 16.9. The van der Waals surface area contributed by atoms with E-state index in [2.05, 4.69) is 22.0 Å². The van der Waals surface area contributed by atoms with Gasteiger partial charge in [0.25, 0.3) is 0 Å². The molecule has 7 nitrogen and oxygen atoms in total. The Morgan fingerprint density at radius 1 is 1.29 bits per heavy atom. The van der Waals surface area contributed by atoms with Crippen molar-refractivity contribution in [2.75, 3.05) is 39.4 Å². The summed E-state index contributed by atoms with van der Waals surface area (Å²) in [6, 6.07) is 0.473. The van der Waals surface area contributed by atoms with E-state index in [1.807, 2.05) is 11.8 Å². The van der Waals surface area contributed by atoms with Crippen molar-refractivity contribution >= 4 is 5.91 Å². The third-order valence-electron chi connectivity index (χ3n) is 5.05. The Labute approximate surface area is 143 Å². The van der Waals surface area contributed by atoms with Gasteiger partial charge in [0.15, 0.2) is 5.82 Å². The predicted molar refractivity (Wildman–Crippen MR) is 88.5 cm³/mol. The Morgan fingerprint density at radius 2 is 2.08 bits per heavy atom. The quantitative estimate of drug-likeness (QED) is 0.776. The lowest BCUT2D eigenvalue weighted by molar-refractivity contribution is -0.130. The first-order valence-corrected chi connectivity index (χ1v) is 9.08.